The number of ether oxygens (including phenoxy) is 1. The maximum Gasteiger partial charge on any atom is 0.145 e. The Bertz CT molecular complexity index is 916. The summed E-state index contributed by atoms with van der Waals surface area (Å²) in [5.41, 5.74) is 2.27. The number of aryl methyl sites for hydroxylation is 1. The fraction of sp³-hybridized carbons (Fsp3) is 0.550. The van der Waals surface area contributed by atoms with Crippen LogP contribution in [0.2, 0.25) is 5.02 Å². The van der Waals surface area contributed by atoms with Crippen LogP contribution in [0.3, 0.4) is 0 Å². The third kappa shape index (κ3) is 3.53. The van der Waals surface area contributed by atoms with Gasteiger partial charge in [-0.2, -0.15) is 5.10 Å². The summed E-state index contributed by atoms with van der Waals surface area (Å²) >= 11 is 5.67. The average molecular weight is 422 g/mol. The minimum absolute atomic E-state index is 0.0475. The van der Waals surface area contributed by atoms with Crippen LogP contribution in [0.15, 0.2) is 24.3 Å². The molecule has 4 aliphatic rings. The number of nitrogens with one attached hydrogen (secondary N) is 3. The van der Waals surface area contributed by atoms with Gasteiger partial charge in [0.1, 0.15) is 30.6 Å². The van der Waals surface area contributed by atoms with Gasteiger partial charge in [-0.15, -0.1) is 0 Å². The molecule has 4 N–H and O–H groups in total. The van der Waals surface area contributed by atoms with Crippen molar-refractivity contribution in [3.63, 3.8) is 0 Å². The van der Waals surface area contributed by atoms with Crippen molar-refractivity contribution < 1.29 is 14.2 Å². The lowest BCUT2D eigenvalue weighted by Crippen LogP contribution is -2.84. The molecule has 2 bridgehead atoms. The number of hydrogen-bond donors (Lipinski definition) is 4. The van der Waals surface area contributed by atoms with E-state index in [0.717, 1.165) is 38.0 Å². The summed E-state index contributed by atoms with van der Waals surface area (Å²) in [7, 11) is 0. The minimum Gasteiger partial charge on any atom is -0.489 e. The molecule has 2 heterocycles. The third-order valence-electron chi connectivity index (χ3n) is 6.15. The van der Waals surface area contributed by atoms with Crippen molar-refractivity contribution in [3.05, 3.63) is 46.5 Å². The fourth-order valence-electron chi connectivity index (χ4n) is 5.06. The van der Waals surface area contributed by atoms with E-state index >= 15 is 0 Å². The molecule has 2 atom stereocenters. The predicted octanol–water partition coefficient (Wildman–Crippen LogP) is 1.84. The normalized spacial score (nSPS) is 30.8. The Labute approximate surface area is 173 Å². The highest BCUT2D eigenvalue weighted by molar-refractivity contribution is 6.30. The Morgan fingerprint density at radius 3 is 2.93 bits per heavy atom. The number of aliphatic hydroxyl groups excluding tert-OH is 1. The molecule has 0 radical (unpaired) electrons. The monoisotopic (exact) mass is 421 g/mol. The zero-order valence-electron chi connectivity index (χ0n) is 16.2. The van der Waals surface area contributed by atoms with Crippen molar-refractivity contribution in [3.8, 4) is 5.75 Å². The van der Waals surface area contributed by atoms with Gasteiger partial charge in [-0.25, -0.2) is 4.39 Å². The van der Waals surface area contributed by atoms with Gasteiger partial charge in [0, 0.05) is 23.7 Å². The zero-order chi connectivity index (χ0) is 20.2. The van der Waals surface area contributed by atoms with E-state index in [0.29, 0.717) is 5.75 Å². The number of aromatic nitrogens is 2. The Balaban J connectivity index is 1.11. The van der Waals surface area contributed by atoms with E-state index in [2.05, 4.69) is 31.8 Å². The van der Waals surface area contributed by atoms with Gasteiger partial charge in [-0.05, 0) is 44.4 Å². The van der Waals surface area contributed by atoms with Gasteiger partial charge in [0.2, 0.25) is 0 Å². The van der Waals surface area contributed by atoms with Crippen LogP contribution < -0.4 is 20.7 Å². The second-order valence-electron chi connectivity index (χ2n) is 8.60. The van der Waals surface area contributed by atoms with Gasteiger partial charge in [-0.3, -0.25) is 20.6 Å². The van der Waals surface area contributed by atoms with E-state index < -0.39 is 12.0 Å². The van der Waals surface area contributed by atoms with E-state index in [1.165, 1.54) is 17.8 Å². The van der Waals surface area contributed by atoms with Crippen LogP contribution >= 0.6 is 11.6 Å². The highest BCUT2D eigenvalue weighted by Gasteiger charge is 2.68. The molecule has 156 valence electrons. The largest absolute Gasteiger partial charge is 0.489 e. The first-order valence-corrected chi connectivity index (χ1v) is 10.3. The molecule has 0 spiro atoms. The topological polar surface area (TPSA) is 83.4 Å². The molecule has 3 saturated carbocycles. The van der Waals surface area contributed by atoms with Crippen LogP contribution in [0.5, 0.6) is 5.75 Å². The fourth-order valence-corrected chi connectivity index (χ4v) is 5.18. The number of nitrogens with zero attached hydrogens (tertiary/aromatic N) is 2. The summed E-state index contributed by atoms with van der Waals surface area (Å²) in [6, 6.07) is 6.37. The van der Waals surface area contributed by atoms with Gasteiger partial charge in [0.25, 0.3) is 0 Å². The summed E-state index contributed by atoms with van der Waals surface area (Å²) in [6.45, 7) is 3.85. The second-order valence-corrected chi connectivity index (χ2v) is 9.01. The first kappa shape index (κ1) is 19.3. The lowest BCUT2D eigenvalue weighted by atomic mass is 9.44. The molecule has 2 aromatic rings. The number of rotatable bonds is 7. The van der Waals surface area contributed by atoms with Crippen molar-refractivity contribution in [2.75, 3.05) is 13.2 Å². The number of aliphatic hydroxyl groups is 1. The highest BCUT2D eigenvalue weighted by Crippen LogP contribution is 2.61. The lowest BCUT2D eigenvalue weighted by Gasteiger charge is -2.72. The molecule has 0 amide bonds. The second kappa shape index (κ2) is 6.92. The van der Waals surface area contributed by atoms with Crippen LogP contribution in [0.25, 0.3) is 0 Å². The van der Waals surface area contributed by atoms with Crippen LogP contribution in [0, 0.1) is 12.7 Å². The number of halogens is 2. The predicted molar refractivity (Wildman–Crippen MR) is 106 cm³/mol. The van der Waals surface area contributed by atoms with E-state index in [1.807, 2.05) is 6.92 Å². The molecule has 3 aliphatic carbocycles. The maximum absolute atomic E-state index is 13.5. The molecule has 1 aliphatic heterocycles. The van der Waals surface area contributed by atoms with Crippen molar-refractivity contribution in [2.24, 2.45) is 0 Å². The van der Waals surface area contributed by atoms with Gasteiger partial charge >= 0.3 is 0 Å². The van der Waals surface area contributed by atoms with Crippen molar-refractivity contribution >= 4 is 11.6 Å². The minimum atomic E-state index is -0.816. The molecular weight excluding hydrogens is 397 g/mol. The summed E-state index contributed by atoms with van der Waals surface area (Å²) in [5.74, 6) is -0.189. The number of hydrogen-bond acceptors (Lipinski definition) is 6. The Kier molecular flexibility index (Phi) is 4.60. The first-order valence-electron chi connectivity index (χ1n) is 9.95. The first-order chi connectivity index (χ1) is 13.9. The smallest absolute Gasteiger partial charge is 0.145 e. The zero-order valence-corrected chi connectivity index (χ0v) is 17.0. The maximum atomic E-state index is 13.5. The van der Waals surface area contributed by atoms with Crippen molar-refractivity contribution in [2.45, 2.75) is 56.2 Å². The van der Waals surface area contributed by atoms with E-state index in [1.54, 1.807) is 6.07 Å². The summed E-state index contributed by atoms with van der Waals surface area (Å²) in [4.78, 5) is 0. The van der Waals surface area contributed by atoms with Gasteiger partial charge in [-0.1, -0.05) is 11.6 Å². The molecule has 29 heavy (non-hydrogen) atoms. The summed E-state index contributed by atoms with van der Waals surface area (Å²) in [6.07, 6.45) is 2.16. The van der Waals surface area contributed by atoms with Crippen LogP contribution in [0.1, 0.15) is 36.8 Å². The van der Waals surface area contributed by atoms with Crippen LogP contribution in [-0.2, 0) is 6.54 Å². The SMILES string of the molecule is Cc1cc2n(n1)CCNC2NC12CC(NC(O)COc3ccc(Cl)c(F)c3)(C1)C2. The van der Waals surface area contributed by atoms with Crippen LogP contribution in [-0.4, -0.2) is 45.3 Å². The molecule has 0 saturated heterocycles. The molecule has 3 fully saturated rings. The molecule has 7 nitrogen and oxygen atoms in total. The Hall–Kier alpha value is -1.71. The summed E-state index contributed by atoms with van der Waals surface area (Å²) in [5, 5.41) is 25.5. The lowest BCUT2D eigenvalue weighted by molar-refractivity contribution is -0.140. The molecule has 1 aromatic heterocycles. The average Bonchev–Trinajstić information content (AvgIpc) is 3.01. The molecule has 6 rings (SSSR count). The van der Waals surface area contributed by atoms with E-state index in [4.69, 9.17) is 16.3 Å². The Morgan fingerprint density at radius 1 is 1.38 bits per heavy atom. The van der Waals surface area contributed by atoms with Gasteiger partial charge < -0.3 is 9.84 Å². The van der Waals surface area contributed by atoms with Crippen molar-refractivity contribution in [1.82, 2.24) is 25.7 Å². The van der Waals surface area contributed by atoms with E-state index in [9.17, 15) is 9.50 Å². The van der Waals surface area contributed by atoms with Gasteiger partial charge in [0.15, 0.2) is 0 Å². The highest BCUT2D eigenvalue weighted by atomic mass is 35.5. The van der Waals surface area contributed by atoms with Gasteiger partial charge in [0.05, 0.1) is 23.0 Å². The van der Waals surface area contributed by atoms with Crippen molar-refractivity contribution in [1.29, 1.82) is 0 Å². The molecular formula is C20H25ClFN5O2. The summed E-state index contributed by atoms with van der Waals surface area (Å²) < 4.78 is 21.0. The van der Waals surface area contributed by atoms with E-state index in [-0.39, 0.29) is 28.9 Å². The number of fused-ring (bicyclic) bond motifs is 1. The van der Waals surface area contributed by atoms with Crippen LogP contribution in [0.4, 0.5) is 4.39 Å². The Morgan fingerprint density at radius 2 is 2.17 bits per heavy atom. The quantitative estimate of drug-likeness (QED) is 0.511. The molecule has 1 aromatic carbocycles. The third-order valence-corrected chi connectivity index (χ3v) is 6.46. The molecule has 9 heteroatoms. The standard InChI is InChI=1S/C20H25ClFN5O2/c1-12-6-16-18(23-4-5-27(16)26-12)25-20-9-19(10-20,11-20)24-17(28)8-29-13-2-3-14(21)15(22)7-13/h2-3,6-7,17-18,23-25,28H,4-5,8-11H2,1H3. The number of benzene rings is 1. The molecule has 2 unspecified atom stereocenters.